The Morgan fingerprint density at radius 1 is 1.23 bits per heavy atom. The fraction of sp³-hybridized carbons (Fsp3) is 0.611. The standard InChI is InChI=1S/C18H28N2O.ClH/c1-15(2)20(14-17-6-4-3-5-7-17)18(21)9-8-16-10-12-19-13-11-16;/h3-7,15-16,19H,8-14H2,1-2H3;1H. The average Bonchev–Trinajstić information content (AvgIpc) is 2.52. The third kappa shape index (κ3) is 5.98. The van der Waals surface area contributed by atoms with Gasteiger partial charge in [-0.25, -0.2) is 0 Å². The zero-order valence-electron chi connectivity index (χ0n) is 13.8. The first kappa shape index (κ1) is 19.0. The summed E-state index contributed by atoms with van der Waals surface area (Å²) in [6, 6.07) is 10.5. The number of nitrogens with one attached hydrogen (secondary N) is 1. The number of nitrogens with zero attached hydrogens (tertiary/aromatic N) is 1. The number of piperidine rings is 1. The van der Waals surface area contributed by atoms with Gasteiger partial charge in [0, 0.05) is 19.0 Å². The highest BCUT2D eigenvalue weighted by Gasteiger charge is 2.20. The van der Waals surface area contributed by atoms with Crippen molar-refractivity contribution in [3.8, 4) is 0 Å². The lowest BCUT2D eigenvalue weighted by Crippen LogP contribution is -2.37. The van der Waals surface area contributed by atoms with Gasteiger partial charge in [-0.15, -0.1) is 12.4 Å². The van der Waals surface area contributed by atoms with Crippen LogP contribution in [0.5, 0.6) is 0 Å². The fourth-order valence-corrected chi connectivity index (χ4v) is 2.98. The molecule has 124 valence electrons. The predicted octanol–water partition coefficient (Wildman–Crippen LogP) is 3.63. The maximum absolute atomic E-state index is 12.5. The summed E-state index contributed by atoms with van der Waals surface area (Å²) in [7, 11) is 0. The largest absolute Gasteiger partial charge is 0.336 e. The van der Waals surface area contributed by atoms with Gasteiger partial charge in [-0.3, -0.25) is 4.79 Å². The molecule has 0 spiro atoms. The Hall–Kier alpha value is -1.06. The molecule has 1 aliphatic rings. The lowest BCUT2D eigenvalue weighted by molar-refractivity contribution is -0.133. The summed E-state index contributed by atoms with van der Waals surface area (Å²) in [5.74, 6) is 1.02. The summed E-state index contributed by atoms with van der Waals surface area (Å²) in [5, 5.41) is 3.38. The molecule has 1 amide bonds. The van der Waals surface area contributed by atoms with Gasteiger partial charge >= 0.3 is 0 Å². The van der Waals surface area contributed by atoms with Crippen molar-refractivity contribution in [1.82, 2.24) is 10.2 Å². The van der Waals surface area contributed by atoms with Crippen LogP contribution in [-0.4, -0.2) is 29.9 Å². The van der Waals surface area contributed by atoms with Gasteiger partial charge in [0.05, 0.1) is 0 Å². The highest BCUT2D eigenvalue weighted by atomic mass is 35.5. The highest BCUT2D eigenvalue weighted by Crippen LogP contribution is 2.19. The lowest BCUT2D eigenvalue weighted by atomic mass is 9.93. The molecule has 1 aliphatic heterocycles. The Morgan fingerprint density at radius 2 is 1.86 bits per heavy atom. The lowest BCUT2D eigenvalue weighted by Gasteiger charge is -2.28. The predicted molar refractivity (Wildman–Crippen MR) is 94.2 cm³/mol. The second-order valence-corrected chi connectivity index (χ2v) is 6.33. The van der Waals surface area contributed by atoms with Gasteiger partial charge in [-0.1, -0.05) is 30.3 Å². The summed E-state index contributed by atoms with van der Waals surface area (Å²) < 4.78 is 0. The van der Waals surface area contributed by atoms with E-state index in [1.54, 1.807) is 0 Å². The van der Waals surface area contributed by atoms with Crippen LogP contribution in [-0.2, 0) is 11.3 Å². The molecule has 0 unspecified atom stereocenters. The Balaban J connectivity index is 0.00000242. The van der Waals surface area contributed by atoms with Gasteiger partial charge in [0.2, 0.25) is 5.91 Å². The number of carbonyl (C=O) groups excluding carboxylic acids is 1. The average molecular weight is 325 g/mol. The Bertz CT molecular complexity index is 430. The van der Waals surface area contributed by atoms with E-state index in [4.69, 9.17) is 0 Å². The number of carbonyl (C=O) groups is 1. The molecule has 2 rings (SSSR count). The molecular weight excluding hydrogens is 296 g/mol. The first-order valence-electron chi connectivity index (χ1n) is 8.21. The van der Waals surface area contributed by atoms with Gasteiger partial charge in [-0.2, -0.15) is 0 Å². The molecule has 22 heavy (non-hydrogen) atoms. The van der Waals surface area contributed by atoms with E-state index in [9.17, 15) is 4.79 Å². The second-order valence-electron chi connectivity index (χ2n) is 6.33. The van der Waals surface area contributed by atoms with E-state index in [1.807, 2.05) is 23.1 Å². The molecule has 1 aromatic carbocycles. The number of amides is 1. The van der Waals surface area contributed by atoms with E-state index in [0.717, 1.165) is 32.0 Å². The molecule has 0 bridgehead atoms. The molecule has 1 aromatic rings. The van der Waals surface area contributed by atoms with Crippen molar-refractivity contribution in [2.24, 2.45) is 5.92 Å². The van der Waals surface area contributed by atoms with Crippen molar-refractivity contribution in [1.29, 1.82) is 0 Å². The van der Waals surface area contributed by atoms with Crippen LogP contribution in [0.2, 0.25) is 0 Å². The van der Waals surface area contributed by atoms with Crippen LogP contribution < -0.4 is 5.32 Å². The molecular formula is C18H29ClN2O. The minimum absolute atomic E-state index is 0. The van der Waals surface area contributed by atoms with Crippen LogP contribution in [0.4, 0.5) is 0 Å². The van der Waals surface area contributed by atoms with E-state index in [0.29, 0.717) is 12.3 Å². The van der Waals surface area contributed by atoms with Crippen LogP contribution in [0.1, 0.15) is 45.1 Å². The van der Waals surface area contributed by atoms with E-state index < -0.39 is 0 Å². The molecule has 0 atom stereocenters. The van der Waals surface area contributed by atoms with Gasteiger partial charge in [0.25, 0.3) is 0 Å². The van der Waals surface area contributed by atoms with E-state index in [-0.39, 0.29) is 18.4 Å². The zero-order valence-corrected chi connectivity index (χ0v) is 14.6. The van der Waals surface area contributed by atoms with E-state index in [2.05, 4.69) is 31.3 Å². The van der Waals surface area contributed by atoms with Gasteiger partial charge < -0.3 is 10.2 Å². The quantitative estimate of drug-likeness (QED) is 0.866. The zero-order chi connectivity index (χ0) is 15.1. The maximum atomic E-state index is 12.5. The fourth-order valence-electron chi connectivity index (χ4n) is 2.98. The third-order valence-electron chi connectivity index (χ3n) is 4.36. The van der Waals surface area contributed by atoms with Crippen molar-refractivity contribution < 1.29 is 4.79 Å². The van der Waals surface area contributed by atoms with Crippen LogP contribution in [0.25, 0.3) is 0 Å². The van der Waals surface area contributed by atoms with Crippen LogP contribution in [0.3, 0.4) is 0 Å². The van der Waals surface area contributed by atoms with Crippen molar-refractivity contribution >= 4 is 18.3 Å². The third-order valence-corrected chi connectivity index (χ3v) is 4.36. The maximum Gasteiger partial charge on any atom is 0.223 e. The van der Waals surface area contributed by atoms with Gasteiger partial charge in [0.15, 0.2) is 0 Å². The molecule has 1 saturated heterocycles. The minimum atomic E-state index is 0. The van der Waals surface area contributed by atoms with Crippen LogP contribution >= 0.6 is 12.4 Å². The Labute approximate surface area is 140 Å². The molecule has 0 aromatic heterocycles. The summed E-state index contributed by atoms with van der Waals surface area (Å²) in [6.45, 7) is 7.15. The Kier molecular flexibility index (Phi) is 8.51. The number of hydrogen-bond donors (Lipinski definition) is 1. The normalized spacial score (nSPS) is 15.4. The van der Waals surface area contributed by atoms with Crippen molar-refractivity contribution in [3.05, 3.63) is 35.9 Å². The SMILES string of the molecule is CC(C)N(Cc1ccccc1)C(=O)CCC1CCNCC1.Cl. The van der Waals surface area contributed by atoms with Crippen LogP contribution in [0.15, 0.2) is 30.3 Å². The first-order chi connectivity index (χ1) is 10.2. The highest BCUT2D eigenvalue weighted by molar-refractivity contribution is 5.85. The Morgan fingerprint density at radius 3 is 2.45 bits per heavy atom. The van der Waals surface area contributed by atoms with Gasteiger partial charge in [-0.05, 0) is 57.7 Å². The smallest absolute Gasteiger partial charge is 0.223 e. The molecule has 0 aliphatic carbocycles. The molecule has 0 radical (unpaired) electrons. The van der Waals surface area contributed by atoms with Crippen molar-refractivity contribution in [3.63, 3.8) is 0 Å². The molecule has 0 saturated carbocycles. The molecule has 1 fully saturated rings. The number of halogens is 1. The number of rotatable bonds is 6. The molecule has 3 nitrogen and oxygen atoms in total. The summed E-state index contributed by atoms with van der Waals surface area (Å²) >= 11 is 0. The molecule has 1 heterocycles. The van der Waals surface area contributed by atoms with Gasteiger partial charge in [0.1, 0.15) is 0 Å². The topological polar surface area (TPSA) is 32.3 Å². The summed E-state index contributed by atoms with van der Waals surface area (Å²) in [4.78, 5) is 14.6. The van der Waals surface area contributed by atoms with Crippen molar-refractivity contribution in [2.75, 3.05) is 13.1 Å². The first-order valence-corrected chi connectivity index (χ1v) is 8.21. The molecule has 4 heteroatoms. The number of hydrogen-bond acceptors (Lipinski definition) is 2. The van der Waals surface area contributed by atoms with E-state index in [1.165, 1.54) is 18.4 Å². The summed E-state index contributed by atoms with van der Waals surface area (Å²) in [6.07, 6.45) is 4.16. The minimum Gasteiger partial charge on any atom is -0.336 e. The summed E-state index contributed by atoms with van der Waals surface area (Å²) in [5.41, 5.74) is 1.21. The second kappa shape index (κ2) is 9.86. The monoisotopic (exact) mass is 324 g/mol. The van der Waals surface area contributed by atoms with Crippen LogP contribution in [0, 0.1) is 5.92 Å². The van der Waals surface area contributed by atoms with E-state index >= 15 is 0 Å². The molecule has 1 N–H and O–H groups in total. The number of benzene rings is 1. The van der Waals surface area contributed by atoms with Crippen molar-refractivity contribution in [2.45, 2.75) is 52.1 Å².